The maximum absolute atomic E-state index is 12.0. The third-order valence-corrected chi connectivity index (χ3v) is 4.59. The molecule has 0 spiro atoms. The third-order valence-electron chi connectivity index (χ3n) is 2.95. The van der Waals surface area contributed by atoms with E-state index < -0.39 is 0 Å². The van der Waals surface area contributed by atoms with E-state index in [9.17, 15) is 4.79 Å². The lowest BCUT2D eigenvalue weighted by Crippen LogP contribution is -2.13. The summed E-state index contributed by atoms with van der Waals surface area (Å²) >= 11 is 10.6. The molecule has 2 aromatic carbocycles. The highest BCUT2D eigenvalue weighted by Gasteiger charge is 2.13. The Morgan fingerprint density at radius 3 is 2.83 bits per heavy atom. The fraction of sp³-hybridized carbons (Fsp3) is 0.0625. The maximum atomic E-state index is 12.0. The number of nitrogens with zero attached hydrogens (tertiary/aromatic N) is 2. The summed E-state index contributed by atoms with van der Waals surface area (Å²) in [5.74, 6) is 0.336. The molecule has 3 rings (SSSR count). The maximum Gasteiger partial charge on any atom is 0.277 e. The highest BCUT2D eigenvalue weighted by molar-refractivity contribution is 9.10. The molecule has 1 N–H and O–H groups in total. The minimum Gasteiger partial charge on any atom is -0.411 e. The van der Waals surface area contributed by atoms with Gasteiger partial charge in [-0.3, -0.25) is 4.79 Å². The number of halogens is 2. The van der Waals surface area contributed by atoms with E-state index in [1.165, 1.54) is 11.8 Å². The summed E-state index contributed by atoms with van der Waals surface area (Å²) in [7, 11) is 0. The molecule has 1 aromatic heterocycles. The Morgan fingerprint density at radius 2 is 2.04 bits per heavy atom. The summed E-state index contributed by atoms with van der Waals surface area (Å²) in [6.45, 7) is 0. The molecule has 3 aromatic rings. The van der Waals surface area contributed by atoms with Crippen LogP contribution in [0, 0.1) is 0 Å². The van der Waals surface area contributed by atoms with E-state index in [4.69, 9.17) is 16.0 Å². The number of rotatable bonds is 5. The van der Waals surface area contributed by atoms with Gasteiger partial charge in [-0.15, -0.1) is 10.2 Å². The van der Waals surface area contributed by atoms with Gasteiger partial charge in [-0.2, -0.15) is 0 Å². The van der Waals surface area contributed by atoms with E-state index in [-0.39, 0.29) is 11.7 Å². The molecule has 122 valence electrons. The predicted octanol–water partition coefficient (Wildman–Crippen LogP) is 4.88. The first kappa shape index (κ1) is 17.0. The molecule has 0 saturated heterocycles. The van der Waals surface area contributed by atoms with Gasteiger partial charge >= 0.3 is 0 Å². The summed E-state index contributed by atoms with van der Waals surface area (Å²) in [4.78, 5) is 12.0. The first-order chi connectivity index (χ1) is 11.6. The summed E-state index contributed by atoms with van der Waals surface area (Å²) in [6.07, 6.45) is 0. The normalized spacial score (nSPS) is 10.6. The van der Waals surface area contributed by atoms with Crippen molar-refractivity contribution in [3.63, 3.8) is 0 Å². The third kappa shape index (κ3) is 4.37. The van der Waals surface area contributed by atoms with Gasteiger partial charge in [0.15, 0.2) is 0 Å². The molecular formula is C16H11BrClN3O2S. The molecule has 0 saturated carbocycles. The number of carbonyl (C=O) groups excluding carboxylic acids is 1. The standard InChI is InChI=1S/C16H11BrClN3O2S/c17-10-4-3-5-11(8-10)19-14(22)9-24-16-21-20-15(23-16)12-6-1-2-7-13(12)18/h1-8H,9H2,(H,19,22). The Morgan fingerprint density at radius 1 is 1.21 bits per heavy atom. The highest BCUT2D eigenvalue weighted by atomic mass is 79.9. The molecule has 0 aliphatic rings. The molecule has 8 heteroatoms. The van der Waals surface area contributed by atoms with Gasteiger partial charge in [0.05, 0.1) is 16.3 Å². The summed E-state index contributed by atoms with van der Waals surface area (Å²) in [5, 5.41) is 11.5. The van der Waals surface area contributed by atoms with Crippen molar-refractivity contribution in [1.29, 1.82) is 0 Å². The molecule has 0 unspecified atom stereocenters. The van der Waals surface area contributed by atoms with Gasteiger partial charge in [-0.1, -0.05) is 57.5 Å². The van der Waals surface area contributed by atoms with Gasteiger partial charge in [0, 0.05) is 10.2 Å². The fourth-order valence-electron chi connectivity index (χ4n) is 1.90. The number of hydrogen-bond acceptors (Lipinski definition) is 5. The molecule has 0 atom stereocenters. The van der Waals surface area contributed by atoms with Crippen LogP contribution in [0.2, 0.25) is 5.02 Å². The lowest BCUT2D eigenvalue weighted by atomic mass is 10.2. The van der Waals surface area contributed by atoms with Crippen LogP contribution in [0.4, 0.5) is 5.69 Å². The predicted molar refractivity (Wildman–Crippen MR) is 98.2 cm³/mol. The van der Waals surface area contributed by atoms with Crippen molar-refractivity contribution in [3.8, 4) is 11.5 Å². The van der Waals surface area contributed by atoms with Crippen molar-refractivity contribution < 1.29 is 9.21 Å². The van der Waals surface area contributed by atoms with Gasteiger partial charge < -0.3 is 9.73 Å². The van der Waals surface area contributed by atoms with Crippen LogP contribution in [0.25, 0.3) is 11.5 Å². The van der Waals surface area contributed by atoms with Crippen molar-refractivity contribution in [2.24, 2.45) is 0 Å². The first-order valence-electron chi connectivity index (χ1n) is 6.88. The van der Waals surface area contributed by atoms with E-state index in [2.05, 4.69) is 31.4 Å². The van der Waals surface area contributed by atoms with Crippen molar-refractivity contribution in [1.82, 2.24) is 10.2 Å². The topological polar surface area (TPSA) is 68.0 Å². The molecule has 1 amide bonds. The van der Waals surface area contributed by atoms with Crippen molar-refractivity contribution in [3.05, 3.63) is 58.0 Å². The average Bonchev–Trinajstić information content (AvgIpc) is 3.02. The van der Waals surface area contributed by atoms with Gasteiger partial charge in [0.2, 0.25) is 11.8 Å². The number of carbonyl (C=O) groups is 1. The van der Waals surface area contributed by atoms with Crippen LogP contribution in [0.5, 0.6) is 0 Å². The number of thioether (sulfide) groups is 1. The van der Waals surface area contributed by atoms with Gasteiger partial charge in [-0.25, -0.2) is 0 Å². The minimum absolute atomic E-state index is 0.157. The SMILES string of the molecule is O=C(CSc1nnc(-c2ccccc2Cl)o1)Nc1cccc(Br)c1. The number of anilines is 1. The lowest BCUT2D eigenvalue weighted by molar-refractivity contribution is -0.113. The van der Waals surface area contributed by atoms with Gasteiger partial charge in [0.25, 0.3) is 5.22 Å². The Hall–Kier alpha value is -1.83. The molecule has 1 heterocycles. The fourth-order valence-corrected chi connectivity index (χ4v) is 3.08. The van der Waals surface area contributed by atoms with Crippen LogP contribution in [0.3, 0.4) is 0 Å². The second-order valence-electron chi connectivity index (χ2n) is 4.70. The second-order valence-corrected chi connectivity index (χ2v) is 6.95. The van der Waals surface area contributed by atoms with E-state index in [0.717, 1.165) is 10.2 Å². The number of aromatic nitrogens is 2. The second kappa shape index (κ2) is 7.83. The molecule has 0 bridgehead atoms. The number of nitrogens with one attached hydrogen (secondary N) is 1. The Bertz CT molecular complexity index is 872. The molecule has 0 aliphatic heterocycles. The monoisotopic (exact) mass is 423 g/mol. The van der Waals surface area contributed by atoms with Crippen LogP contribution in [-0.2, 0) is 4.79 Å². The molecule has 0 fully saturated rings. The van der Waals surface area contributed by atoms with E-state index in [1.807, 2.05) is 36.4 Å². The van der Waals surface area contributed by atoms with Crippen LogP contribution in [-0.4, -0.2) is 21.9 Å². The van der Waals surface area contributed by atoms with Crippen molar-refractivity contribution >= 4 is 50.9 Å². The molecule has 0 aliphatic carbocycles. The van der Waals surface area contributed by atoms with Crippen LogP contribution >= 0.6 is 39.3 Å². The number of amides is 1. The Kier molecular flexibility index (Phi) is 5.55. The zero-order chi connectivity index (χ0) is 16.9. The molecular weight excluding hydrogens is 414 g/mol. The quantitative estimate of drug-likeness (QED) is 0.591. The smallest absolute Gasteiger partial charge is 0.277 e. The summed E-state index contributed by atoms with van der Waals surface area (Å²) in [6, 6.07) is 14.6. The number of benzene rings is 2. The minimum atomic E-state index is -0.157. The number of hydrogen-bond donors (Lipinski definition) is 1. The van der Waals surface area contributed by atoms with Crippen molar-refractivity contribution in [2.45, 2.75) is 5.22 Å². The van der Waals surface area contributed by atoms with E-state index in [0.29, 0.717) is 21.7 Å². The van der Waals surface area contributed by atoms with E-state index in [1.54, 1.807) is 12.1 Å². The Balaban J connectivity index is 1.59. The Labute approximate surface area is 155 Å². The van der Waals surface area contributed by atoms with Crippen LogP contribution in [0.15, 0.2) is 62.6 Å². The van der Waals surface area contributed by atoms with Gasteiger partial charge in [-0.05, 0) is 30.3 Å². The summed E-state index contributed by atoms with van der Waals surface area (Å²) < 4.78 is 6.44. The zero-order valence-electron chi connectivity index (χ0n) is 12.2. The molecule has 24 heavy (non-hydrogen) atoms. The molecule has 0 radical (unpaired) electrons. The lowest BCUT2D eigenvalue weighted by Gasteiger charge is -2.04. The summed E-state index contributed by atoms with van der Waals surface area (Å²) in [5.41, 5.74) is 1.38. The van der Waals surface area contributed by atoms with Crippen molar-refractivity contribution in [2.75, 3.05) is 11.1 Å². The average molecular weight is 425 g/mol. The van der Waals surface area contributed by atoms with Gasteiger partial charge in [0.1, 0.15) is 0 Å². The molecule has 5 nitrogen and oxygen atoms in total. The largest absolute Gasteiger partial charge is 0.411 e. The zero-order valence-corrected chi connectivity index (χ0v) is 15.4. The van der Waals surface area contributed by atoms with Crippen LogP contribution < -0.4 is 5.32 Å². The highest BCUT2D eigenvalue weighted by Crippen LogP contribution is 2.28. The van der Waals surface area contributed by atoms with E-state index >= 15 is 0 Å². The van der Waals surface area contributed by atoms with Crippen LogP contribution in [0.1, 0.15) is 0 Å². The first-order valence-corrected chi connectivity index (χ1v) is 9.04.